The Morgan fingerprint density at radius 3 is 2.23 bits per heavy atom. The molecule has 0 fully saturated rings. The first kappa shape index (κ1) is 19.1. The zero-order chi connectivity index (χ0) is 20.8. The van der Waals surface area contributed by atoms with E-state index in [-0.39, 0.29) is 18.4 Å². The normalized spacial score (nSPS) is 10.4. The molecule has 4 rings (SSSR count). The Kier molecular flexibility index (Phi) is 5.61. The molecule has 2 aromatic carbocycles. The minimum absolute atomic E-state index is 0.108. The van der Waals surface area contributed by atoms with Crippen LogP contribution in [0.5, 0.6) is 0 Å². The number of rotatable bonds is 6. The van der Waals surface area contributed by atoms with Gasteiger partial charge in [-0.1, -0.05) is 6.07 Å². The van der Waals surface area contributed by atoms with E-state index in [4.69, 9.17) is 0 Å². The maximum atomic E-state index is 12.3. The lowest BCUT2D eigenvalue weighted by atomic mass is 10.1. The molecule has 0 saturated heterocycles. The highest BCUT2D eigenvalue weighted by atomic mass is 16.2. The molecule has 0 unspecified atom stereocenters. The van der Waals surface area contributed by atoms with Gasteiger partial charge >= 0.3 is 0 Å². The molecule has 7 heteroatoms. The standard InChI is InChI=1S/C23H19N5O2/c29-22(27-21-6-3-18-14-25-10-7-17(18)13-21)15-26-19-4-1-16(2-5-19)23(30)28-20-8-11-24-12-9-20/h1-14,26H,15H2,(H,27,29)(H,24,28,30). The van der Waals surface area contributed by atoms with E-state index < -0.39 is 0 Å². The fraction of sp³-hybridized carbons (Fsp3) is 0.0435. The van der Waals surface area contributed by atoms with Crippen molar-refractivity contribution in [2.75, 3.05) is 22.5 Å². The SMILES string of the molecule is O=C(CNc1ccc(C(=O)Nc2ccncc2)cc1)Nc1ccc2cnccc2c1. The van der Waals surface area contributed by atoms with Crippen molar-refractivity contribution < 1.29 is 9.59 Å². The molecule has 0 saturated carbocycles. The lowest BCUT2D eigenvalue weighted by Gasteiger charge is -2.09. The van der Waals surface area contributed by atoms with Gasteiger partial charge < -0.3 is 16.0 Å². The van der Waals surface area contributed by atoms with Crippen molar-refractivity contribution in [3.8, 4) is 0 Å². The number of hydrogen-bond acceptors (Lipinski definition) is 5. The summed E-state index contributed by atoms with van der Waals surface area (Å²) < 4.78 is 0. The van der Waals surface area contributed by atoms with Crippen LogP contribution in [0.15, 0.2) is 85.5 Å². The number of hydrogen-bond donors (Lipinski definition) is 3. The first-order valence-electron chi connectivity index (χ1n) is 9.36. The Morgan fingerprint density at radius 1 is 0.700 bits per heavy atom. The molecule has 0 radical (unpaired) electrons. The molecule has 148 valence electrons. The number of benzene rings is 2. The van der Waals surface area contributed by atoms with Crippen molar-refractivity contribution >= 4 is 39.6 Å². The van der Waals surface area contributed by atoms with Crippen molar-refractivity contribution in [3.05, 3.63) is 91.0 Å². The summed E-state index contributed by atoms with van der Waals surface area (Å²) >= 11 is 0. The largest absolute Gasteiger partial charge is 0.376 e. The van der Waals surface area contributed by atoms with Gasteiger partial charge in [0, 0.05) is 52.8 Å². The molecular weight excluding hydrogens is 378 g/mol. The topological polar surface area (TPSA) is 96.0 Å². The lowest BCUT2D eigenvalue weighted by Crippen LogP contribution is -2.21. The number of amides is 2. The van der Waals surface area contributed by atoms with Crippen molar-refractivity contribution in [2.45, 2.75) is 0 Å². The quantitative estimate of drug-likeness (QED) is 0.458. The second kappa shape index (κ2) is 8.83. The van der Waals surface area contributed by atoms with Crippen molar-refractivity contribution in [1.29, 1.82) is 0 Å². The van der Waals surface area contributed by atoms with E-state index in [1.807, 2.05) is 24.3 Å². The first-order chi connectivity index (χ1) is 14.7. The summed E-state index contributed by atoms with van der Waals surface area (Å²) in [5.41, 5.74) is 2.67. The minimum Gasteiger partial charge on any atom is -0.376 e. The van der Waals surface area contributed by atoms with Crippen LogP contribution in [-0.4, -0.2) is 28.3 Å². The van der Waals surface area contributed by atoms with Crippen molar-refractivity contribution in [2.24, 2.45) is 0 Å². The number of carbonyl (C=O) groups excluding carboxylic acids is 2. The maximum Gasteiger partial charge on any atom is 0.255 e. The summed E-state index contributed by atoms with van der Waals surface area (Å²) in [4.78, 5) is 32.5. The summed E-state index contributed by atoms with van der Waals surface area (Å²) in [6.45, 7) is 0.108. The van der Waals surface area contributed by atoms with E-state index in [0.717, 1.165) is 22.1 Å². The number of anilines is 3. The second-order valence-electron chi connectivity index (χ2n) is 6.61. The van der Waals surface area contributed by atoms with Gasteiger partial charge in [0.05, 0.1) is 6.54 Å². The third-order valence-corrected chi connectivity index (χ3v) is 4.46. The summed E-state index contributed by atoms with van der Waals surface area (Å²) in [5, 5.41) is 10.8. The van der Waals surface area contributed by atoms with Crippen LogP contribution in [0.4, 0.5) is 17.1 Å². The molecule has 0 atom stereocenters. The summed E-state index contributed by atoms with van der Waals surface area (Å²) in [6.07, 6.45) is 6.73. The molecule has 30 heavy (non-hydrogen) atoms. The molecule has 2 heterocycles. The molecule has 0 spiro atoms. The number of carbonyl (C=O) groups is 2. The third-order valence-electron chi connectivity index (χ3n) is 4.46. The molecule has 2 amide bonds. The van der Waals surface area contributed by atoms with Gasteiger partial charge in [0.15, 0.2) is 0 Å². The molecule has 0 aliphatic carbocycles. The fourth-order valence-corrected chi connectivity index (χ4v) is 2.93. The molecule has 7 nitrogen and oxygen atoms in total. The van der Waals surface area contributed by atoms with E-state index in [9.17, 15) is 9.59 Å². The zero-order valence-corrected chi connectivity index (χ0v) is 16.0. The number of nitrogens with zero attached hydrogens (tertiary/aromatic N) is 2. The Hall–Kier alpha value is -4.26. The van der Waals surface area contributed by atoms with Gasteiger partial charge in [0.1, 0.15) is 0 Å². The van der Waals surface area contributed by atoms with Crippen LogP contribution in [0.25, 0.3) is 10.8 Å². The fourth-order valence-electron chi connectivity index (χ4n) is 2.93. The highest BCUT2D eigenvalue weighted by molar-refractivity contribution is 6.04. The monoisotopic (exact) mass is 397 g/mol. The van der Waals surface area contributed by atoms with E-state index in [2.05, 4.69) is 25.9 Å². The lowest BCUT2D eigenvalue weighted by molar-refractivity contribution is -0.114. The van der Waals surface area contributed by atoms with Crippen LogP contribution in [0, 0.1) is 0 Å². The second-order valence-corrected chi connectivity index (χ2v) is 6.61. The highest BCUT2D eigenvalue weighted by Gasteiger charge is 2.07. The van der Waals surface area contributed by atoms with Gasteiger partial charge in [-0.25, -0.2) is 0 Å². The Balaban J connectivity index is 1.31. The van der Waals surface area contributed by atoms with Crippen LogP contribution >= 0.6 is 0 Å². The average Bonchev–Trinajstić information content (AvgIpc) is 2.78. The molecule has 0 bridgehead atoms. The number of aromatic nitrogens is 2. The van der Waals surface area contributed by atoms with E-state index in [1.54, 1.807) is 61.2 Å². The van der Waals surface area contributed by atoms with Crippen LogP contribution in [0.2, 0.25) is 0 Å². The van der Waals surface area contributed by atoms with Gasteiger partial charge in [0.2, 0.25) is 5.91 Å². The predicted octanol–water partition coefficient (Wildman–Crippen LogP) is 3.93. The van der Waals surface area contributed by atoms with Gasteiger partial charge in [-0.3, -0.25) is 19.6 Å². The van der Waals surface area contributed by atoms with Crippen LogP contribution in [0.1, 0.15) is 10.4 Å². The molecule has 3 N–H and O–H groups in total. The van der Waals surface area contributed by atoms with Crippen LogP contribution in [-0.2, 0) is 4.79 Å². The van der Waals surface area contributed by atoms with Crippen LogP contribution < -0.4 is 16.0 Å². The predicted molar refractivity (Wildman–Crippen MR) is 117 cm³/mol. The molecule has 2 aromatic heterocycles. The van der Waals surface area contributed by atoms with Gasteiger partial charge in [-0.15, -0.1) is 0 Å². The summed E-state index contributed by atoms with van der Waals surface area (Å²) in [5.74, 6) is -0.375. The highest BCUT2D eigenvalue weighted by Crippen LogP contribution is 2.18. The van der Waals surface area contributed by atoms with Crippen molar-refractivity contribution in [3.63, 3.8) is 0 Å². The number of fused-ring (bicyclic) bond motifs is 1. The molecule has 4 aromatic rings. The van der Waals surface area contributed by atoms with Crippen LogP contribution in [0.3, 0.4) is 0 Å². The van der Waals surface area contributed by atoms with Gasteiger partial charge in [0.25, 0.3) is 5.91 Å². The average molecular weight is 397 g/mol. The minimum atomic E-state index is -0.211. The Bertz CT molecular complexity index is 1180. The van der Waals surface area contributed by atoms with Crippen molar-refractivity contribution in [1.82, 2.24) is 9.97 Å². The first-order valence-corrected chi connectivity index (χ1v) is 9.36. The number of nitrogens with one attached hydrogen (secondary N) is 3. The van der Waals surface area contributed by atoms with Gasteiger partial charge in [-0.2, -0.15) is 0 Å². The number of pyridine rings is 2. The Morgan fingerprint density at radius 2 is 1.43 bits per heavy atom. The van der Waals surface area contributed by atoms with E-state index in [0.29, 0.717) is 11.3 Å². The molecule has 0 aliphatic rings. The molecule has 0 aliphatic heterocycles. The van der Waals surface area contributed by atoms with E-state index >= 15 is 0 Å². The smallest absolute Gasteiger partial charge is 0.255 e. The Labute approximate surface area is 173 Å². The maximum absolute atomic E-state index is 12.3. The zero-order valence-electron chi connectivity index (χ0n) is 16.0. The molecular formula is C23H19N5O2. The summed E-state index contributed by atoms with van der Waals surface area (Å²) in [7, 11) is 0. The third kappa shape index (κ3) is 4.77. The van der Waals surface area contributed by atoms with E-state index in [1.165, 1.54) is 0 Å². The summed E-state index contributed by atoms with van der Waals surface area (Å²) in [6, 6.07) is 17.9. The van der Waals surface area contributed by atoms with Gasteiger partial charge in [-0.05, 0) is 60.0 Å².